The van der Waals surface area contributed by atoms with Gasteiger partial charge >= 0.3 is 0 Å². The molecule has 0 saturated carbocycles. The molecule has 0 aliphatic carbocycles. The first-order chi connectivity index (χ1) is 17.3. The maximum atomic E-state index is 12.5. The zero-order chi connectivity index (χ0) is 25.9. The van der Waals surface area contributed by atoms with Crippen molar-refractivity contribution in [3.63, 3.8) is 0 Å². The molecule has 0 aromatic heterocycles. The monoisotopic (exact) mass is 492 g/mol. The highest BCUT2D eigenvalue weighted by atomic mass is 16.5. The smallest absolute Gasteiger partial charge is 0.226 e. The summed E-state index contributed by atoms with van der Waals surface area (Å²) in [5.74, 6) is 1.40. The van der Waals surface area contributed by atoms with E-state index in [-0.39, 0.29) is 17.7 Å². The van der Waals surface area contributed by atoms with Crippen LogP contribution in [0.3, 0.4) is 0 Å². The molecule has 1 saturated heterocycles. The van der Waals surface area contributed by atoms with Crippen molar-refractivity contribution in [1.29, 1.82) is 0 Å². The third-order valence-corrected chi connectivity index (χ3v) is 6.96. The number of ether oxygens (including phenoxy) is 1. The van der Waals surface area contributed by atoms with Gasteiger partial charge in [-0.1, -0.05) is 51.1 Å². The largest absolute Gasteiger partial charge is 0.489 e. The lowest BCUT2D eigenvalue weighted by Gasteiger charge is -2.36. The molecule has 195 valence electrons. The molecule has 0 spiro atoms. The molecule has 1 aliphatic rings. The molecule has 1 unspecified atom stereocenters. The first-order valence-corrected chi connectivity index (χ1v) is 13.2. The van der Waals surface area contributed by atoms with E-state index >= 15 is 0 Å². The van der Waals surface area contributed by atoms with E-state index in [0.29, 0.717) is 24.9 Å². The third-order valence-electron chi connectivity index (χ3n) is 6.96. The van der Waals surface area contributed by atoms with Crippen LogP contribution >= 0.6 is 0 Å². The van der Waals surface area contributed by atoms with Crippen LogP contribution in [0.1, 0.15) is 52.0 Å². The number of piperidine rings is 1. The lowest BCUT2D eigenvalue weighted by Crippen LogP contribution is -2.42. The SMILES string of the molecule is CC(C)CCN(CC1CCN(C(=O)[CH]CC(C)C(N)=O)CC1)c1ccc(OCc2ccccc2)cc1. The third kappa shape index (κ3) is 8.89. The van der Waals surface area contributed by atoms with E-state index in [0.717, 1.165) is 56.8 Å². The number of rotatable bonds is 13. The Morgan fingerprint density at radius 2 is 1.72 bits per heavy atom. The average Bonchev–Trinajstić information content (AvgIpc) is 2.89. The molecule has 0 bridgehead atoms. The Kier molecular flexibility index (Phi) is 10.6. The van der Waals surface area contributed by atoms with Crippen LogP contribution in [0, 0.1) is 24.2 Å². The first kappa shape index (κ1) is 27.6. The van der Waals surface area contributed by atoms with Crippen LogP contribution in [-0.4, -0.2) is 42.9 Å². The van der Waals surface area contributed by atoms with Gasteiger partial charge in [0.25, 0.3) is 0 Å². The van der Waals surface area contributed by atoms with Crippen molar-refractivity contribution in [2.75, 3.05) is 31.1 Å². The summed E-state index contributed by atoms with van der Waals surface area (Å²) in [4.78, 5) is 28.1. The van der Waals surface area contributed by atoms with Gasteiger partial charge in [0.05, 0.1) is 6.42 Å². The van der Waals surface area contributed by atoms with E-state index in [1.54, 1.807) is 13.3 Å². The van der Waals surface area contributed by atoms with E-state index < -0.39 is 0 Å². The number of primary amides is 1. The molecule has 1 heterocycles. The minimum atomic E-state index is -0.366. The van der Waals surface area contributed by atoms with Gasteiger partial charge in [-0.3, -0.25) is 9.59 Å². The van der Waals surface area contributed by atoms with Gasteiger partial charge in [0.1, 0.15) is 12.4 Å². The zero-order valence-corrected chi connectivity index (χ0v) is 22.1. The Balaban J connectivity index is 1.52. The van der Waals surface area contributed by atoms with Gasteiger partial charge in [-0.05, 0) is 67.3 Å². The van der Waals surface area contributed by atoms with Crippen LogP contribution in [0.5, 0.6) is 5.75 Å². The van der Waals surface area contributed by atoms with Crippen molar-refractivity contribution in [2.45, 2.75) is 53.1 Å². The minimum absolute atomic E-state index is 0.0179. The van der Waals surface area contributed by atoms with Gasteiger partial charge in [-0.2, -0.15) is 0 Å². The van der Waals surface area contributed by atoms with Crippen molar-refractivity contribution in [3.05, 3.63) is 66.6 Å². The summed E-state index contributed by atoms with van der Waals surface area (Å²) in [5, 5.41) is 0. The number of anilines is 1. The Morgan fingerprint density at radius 3 is 2.33 bits per heavy atom. The van der Waals surface area contributed by atoms with Gasteiger partial charge in [0.2, 0.25) is 11.8 Å². The van der Waals surface area contributed by atoms with Crippen LogP contribution in [-0.2, 0) is 16.2 Å². The maximum absolute atomic E-state index is 12.5. The van der Waals surface area contributed by atoms with E-state index in [1.165, 1.54) is 5.69 Å². The van der Waals surface area contributed by atoms with Gasteiger partial charge in [0, 0.05) is 37.8 Å². The second-order valence-electron chi connectivity index (χ2n) is 10.4. The van der Waals surface area contributed by atoms with Crippen molar-refractivity contribution < 1.29 is 14.3 Å². The Morgan fingerprint density at radius 1 is 1.06 bits per heavy atom. The molecule has 2 aromatic carbocycles. The zero-order valence-electron chi connectivity index (χ0n) is 22.1. The maximum Gasteiger partial charge on any atom is 0.226 e. The topological polar surface area (TPSA) is 75.9 Å². The fourth-order valence-corrected chi connectivity index (χ4v) is 4.40. The molecule has 6 nitrogen and oxygen atoms in total. The average molecular weight is 493 g/mol. The van der Waals surface area contributed by atoms with Crippen LogP contribution in [0.2, 0.25) is 0 Å². The molecule has 3 rings (SSSR count). The summed E-state index contributed by atoms with van der Waals surface area (Å²) in [7, 11) is 0. The summed E-state index contributed by atoms with van der Waals surface area (Å²) in [6, 6.07) is 18.6. The molecule has 2 amide bonds. The van der Waals surface area contributed by atoms with Crippen molar-refractivity contribution >= 4 is 17.5 Å². The number of amides is 2. The first-order valence-electron chi connectivity index (χ1n) is 13.2. The fourth-order valence-electron chi connectivity index (χ4n) is 4.40. The number of nitrogens with zero attached hydrogens (tertiary/aromatic N) is 2. The molecule has 2 aromatic rings. The highest BCUT2D eigenvalue weighted by Crippen LogP contribution is 2.26. The van der Waals surface area contributed by atoms with E-state index in [1.807, 2.05) is 23.1 Å². The standard InChI is InChI=1S/C30H42N3O3/c1-23(2)15-18-33(27-10-12-28(13-11-27)36-22-26-7-5-4-6-8-26)21-25-16-19-32(20-17-25)29(34)14-9-24(3)30(31)35/h4-8,10-14,23-25H,9,15-22H2,1-3H3,(H2,31,35). The Hall–Kier alpha value is -3.02. The number of carbonyl (C=O) groups excluding carboxylic acids is 2. The van der Waals surface area contributed by atoms with Crippen molar-refractivity contribution in [3.8, 4) is 5.75 Å². The molecule has 6 heteroatoms. The lowest BCUT2D eigenvalue weighted by atomic mass is 9.95. The van der Waals surface area contributed by atoms with Gasteiger partial charge in [-0.15, -0.1) is 0 Å². The summed E-state index contributed by atoms with van der Waals surface area (Å²) in [6.07, 6.45) is 5.13. The Labute approximate surface area is 216 Å². The van der Waals surface area contributed by atoms with E-state index in [9.17, 15) is 9.59 Å². The number of nitrogens with two attached hydrogens (primary N) is 1. The van der Waals surface area contributed by atoms with Crippen LogP contribution in [0.15, 0.2) is 54.6 Å². The molecule has 1 fully saturated rings. The fraction of sp³-hybridized carbons (Fsp3) is 0.500. The van der Waals surface area contributed by atoms with Gasteiger partial charge in [-0.25, -0.2) is 0 Å². The lowest BCUT2D eigenvalue weighted by molar-refractivity contribution is -0.129. The molecule has 36 heavy (non-hydrogen) atoms. The number of benzene rings is 2. The van der Waals surface area contributed by atoms with Crippen molar-refractivity contribution in [1.82, 2.24) is 4.90 Å². The molecule has 1 radical (unpaired) electrons. The molecular formula is C30H42N3O3. The van der Waals surface area contributed by atoms with E-state index in [2.05, 4.69) is 55.1 Å². The van der Waals surface area contributed by atoms with Crippen LogP contribution in [0.4, 0.5) is 5.69 Å². The van der Waals surface area contributed by atoms with E-state index in [4.69, 9.17) is 10.5 Å². The summed E-state index contributed by atoms with van der Waals surface area (Å²) < 4.78 is 5.97. The summed E-state index contributed by atoms with van der Waals surface area (Å²) in [6.45, 7) is 10.4. The number of carbonyl (C=O) groups is 2. The number of likely N-dealkylation sites (tertiary alicyclic amines) is 1. The Bertz CT molecular complexity index is 938. The molecule has 1 aliphatic heterocycles. The predicted molar refractivity (Wildman–Crippen MR) is 145 cm³/mol. The van der Waals surface area contributed by atoms with Gasteiger partial charge < -0.3 is 20.3 Å². The number of hydrogen-bond donors (Lipinski definition) is 1. The highest BCUT2D eigenvalue weighted by molar-refractivity contribution is 5.86. The molecule has 1 atom stereocenters. The normalized spacial score (nSPS) is 15.1. The predicted octanol–water partition coefficient (Wildman–Crippen LogP) is 5.07. The van der Waals surface area contributed by atoms with Gasteiger partial charge in [0.15, 0.2) is 0 Å². The minimum Gasteiger partial charge on any atom is -0.489 e. The second kappa shape index (κ2) is 13.9. The summed E-state index contributed by atoms with van der Waals surface area (Å²) >= 11 is 0. The van der Waals surface area contributed by atoms with Crippen molar-refractivity contribution in [2.24, 2.45) is 23.5 Å². The second-order valence-corrected chi connectivity index (χ2v) is 10.4. The number of hydrogen-bond acceptors (Lipinski definition) is 4. The van der Waals surface area contributed by atoms with Crippen LogP contribution < -0.4 is 15.4 Å². The summed E-state index contributed by atoms with van der Waals surface area (Å²) in [5.41, 5.74) is 7.68. The quantitative estimate of drug-likeness (QED) is 0.423. The highest BCUT2D eigenvalue weighted by Gasteiger charge is 2.25. The molecular weight excluding hydrogens is 450 g/mol. The van der Waals surface area contributed by atoms with Crippen LogP contribution in [0.25, 0.3) is 0 Å². The molecule has 2 N–H and O–H groups in total.